The van der Waals surface area contributed by atoms with Gasteiger partial charge >= 0.3 is 0 Å². The highest BCUT2D eigenvalue weighted by Crippen LogP contribution is 2.42. The fourth-order valence-corrected chi connectivity index (χ4v) is 5.11. The number of methoxy groups -OCH3 is 1. The maximum absolute atomic E-state index is 12.9. The topological polar surface area (TPSA) is 214 Å². The summed E-state index contributed by atoms with van der Waals surface area (Å²) in [7, 11) is 1.53. The van der Waals surface area contributed by atoms with Crippen LogP contribution in [0.25, 0.3) is 0 Å². The van der Waals surface area contributed by atoms with Crippen molar-refractivity contribution in [3.63, 3.8) is 0 Å². The normalized spacial score (nSPS) is 36.6. The molecule has 2 aromatic rings. The van der Waals surface area contributed by atoms with E-state index in [9.17, 15) is 40.5 Å². The first kappa shape index (κ1) is 30.4. The molecule has 0 amide bonds. The molecule has 0 bridgehead atoms. The molecule has 7 N–H and O–H groups in total. The molecule has 2 saturated heterocycles. The summed E-state index contributed by atoms with van der Waals surface area (Å²) in [6.45, 7) is 0.995. The van der Waals surface area contributed by atoms with Gasteiger partial charge < -0.3 is 64.2 Å². The van der Waals surface area contributed by atoms with Crippen molar-refractivity contribution in [1.29, 1.82) is 0 Å². The highest BCUT2D eigenvalue weighted by atomic mass is 16.7. The van der Waals surface area contributed by atoms with E-state index in [1.165, 1.54) is 20.1 Å². The lowest BCUT2D eigenvalue weighted by Crippen LogP contribution is -2.61. The Labute approximate surface area is 240 Å². The fourth-order valence-electron chi connectivity index (χ4n) is 5.11. The molecule has 2 fully saturated rings. The Morgan fingerprint density at radius 1 is 0.833 bits per heavy atom. The van der Waals surface area contributed by atoms with Crippen LogP contribution in [0.2, 0.25) is 0 Å². The molecule has 3 aliphatic rings. The highest BCUT2D eigenvalue weighted by Gasteiger charge is 2.47. The summed E-state index contributed by atoms with van der Waals surface area (Å²) < 4.78 is 33.4. The van der Waals surface area contributed by atoms with Crippen molar-refractivity contribution in [3.05, 3.63) is 47.5 Å². The number of hydrogen-bond acceptors (Lipinski definition) is 14. The van der Waals surface area contributed by atoms with Gasteiger partial charge in [-0.25, -0.2) is 0 Å². The van der Waals surface area contributed by atoms with Crippen LogP contribution in [0.15, 0.2) is 36.4 Å². The zero-order chi connectivity index (χ0) is 30.3. The number of Topliss-reactive ketones (excluding diaryl/α,β-unsaturated/α-hetero) is 1. The molecule has 0 unspecified atom stereocenters. The number of benzene rings is 2. The molecule has 0 saturated carbocycles. The number of aliphatic hydroxyl groups is 6. The van der Waals surface area contributed by atoms with Crippen molar-refractivity contribution in [1.82, 2.24) is 0 Å². The molecule has 11 atom stereocenters. The van der Waals surface area contributed by atoms with Crippen LogP contribution >= 0.6 is 0 Å². The predicted octanol–water partition coefficient (Wildman–Crippen LogP) is -0.862. The third-order valence-corrected chi connectivity index (χ3v) is 7.62. The van der Waals surface area contributed by atoms with Crippen LogP contribution < -0.4 is 14.2 Å². The number of ketones is 1. The van der Waals surface area contributed by atoms with E-state index in [2.05, 4.69) is 0 Å². The Morgan fingerprint density at radius 3 is 2.19 bits per heavy atom. The Bertz CT molecular complexity index is 1250. The highest BCUT2D eigenvalue weighted by molar-refractivity contribution is 6.02. The quantitative estimate of drug-likeness (QED) is 0.208. The van der Waals surface area contributed by atoms with E-state index in [1.807, 2.05) is 0 Å². The summed E-state index contributed by atoms with van der Waals surface area (Å²) in [5, 5.41) is 72.1. The molecule has 14 heteroatoms. The first-order valence-electron chi connectivity index (χ1n) is 13.4. The van der Waals surface area contributed by atoms with E-state index in [1.54, 1.807) is 24.3 Å². The van der Waals surface area contributed by atoms with Crippen molar-refractivity contribution in [2.75, 3.05) is 13.7 Å². The zero-order valence-corrected chi connectivity index (χ0v) is 22.7. The zero-order valence-electron chi connectivity index (χ0n) is 22.7. The van der Waals surface area contributed by atoms with Crippen LogP contribution in [0.5, 0.6) is 23.0 Å². The van der Waals surface area contributed by atoms with Gasteiger partial charge in [-0.3, -0.25) is 4.79 Å². The summed E-state index contributed by atoms with van der Waals surface area (Å²) >= 11 is 0. The molecule has 0 aromatic heterocycles. The predicted molar refractivity (Wildman–Crippen MR) is 139 cm³/mol. The van der Waals surface area contributed by atoms with Gasteiger partial charge in [0.05, 0.1) is 26.2 Å². The molecule has 3 heterocycles. The van der Waals surface area contributed by atoms with Gasteiger partial charge in [-0.1, -0.05) is 12.1 Å². The summed E-state index contributed by atoms with van der Waals surface area (Å²) in [5.74, 6) is -0.190. The van der Waals surface area contributed by atoms with Crippen molar-refractivity contribution >= 4 is 5.78 Å². The number of fused-ring (bicyclic) bond motifs is 1. The molecular weight excluding hydrogens is 560 g/mol. The Hall–Kier alpha value is -3.05. The van der Waals surface area contributed by atoms with Crippen LogP contribution in [0.3, 0.4) is 0 Å². The standard InChI is InChI=1S/C28H34O14/c1-11-21(31)23(33)25(35)27(39-11)38-10-19-22(32)24(34)26(36)28(42-19)40-14-7-15(29)20-16(30)9-17(41-18(20)8-14)12-3-5-13(37-2)6-4-12/h3-8,11,17,19,21-29,31-36H,9-10H2,1-2H3/t11-,17+,19-,21+,22-,23-,24-,25+,26-,27-,28-/m1/s1. The van der Waals surface area contributed by atoms with Gasteiger partial charge in [-0.15, -0.1) is 0 Å². The maximum Gasteiger partial charge on any atom is 0.229 e. The average molecular weight is 595 g/mol. The van der Waals surface area contributed by atoms with Crippen LogP contribution in [0.4, 0.5) is 0 Å². The van der Waals surface area contributed by atoms with Gasteiger partial charge in [0.15, 0.2) is 12.1 Å². The first-order valence-corrected chi connectivity index (χ1v) is 13.4. The lowest BCUT2D eigenvalue weighted by atomic mass is 9.95. The minimum Gasteiger partial charge on any atom is -0.507 e. The van der Waals surface area contributed by atoms with Crippen molar-refractivity contribution in [2.24, 2.45) is 0 Å². The lowest BCUT2D eigenvalue weighted by Gasteiger charge is -2.42. The van der Waals surface area contributed by atoms with Gasteiger partial charge in [-0.05, 0) is 24.6 Å². The van der Waals surface area contributed by atoms with E-state index in [-0.39, 0.29) is 29.3 Å². The minimum atomic E-state index is -1.75. The molecule has 230 valence electrons. The van der Waals surface area contributed by atoms with Gasteiger partial charge in [0, 0.05) is 12.1 Å². The maximum atomic E-state index is 12.9. The first-order chi connectivity index (χ1) is 20.0. The monoisotopic (exact) mass is 594 g/mol. The van der Waals surface area contributed by atoms with Crippen LogP contribution in [0, 0.1) is 0 Å². The lowest BCUT2D eigenvalue weighted by molar-refractivity contribution is -0.318. The minimum absolute atomic E-state index is 0.0164. The molecule has 2 aromatic carbocycles. The van der Waals surface area contributed by atoms with Gasteiger partial charge in [0.25, 0.3) is 0 Å². The number of aromatic hydroxyl groups is 1. The number of aliphatic hydroxyl groups excluding tert-OH is 6. The van der Waals surface area contributed by atoms with Crippen molar-refractivity contribution in [3.8, 4) is 23.0 Å². The molecule has 0 spiro atoms. The number of rotatable bonds is 7. The second kappa shape index (κ2) is 12.3. The average Bonchev–Trinajstić information content (AvgIpc) is 2.97. The van der Waals surface area contributed by atoms with Crippen LogP contribution in [-0.4, -0.2) is 117 Å². The number of phenolic OH excluding ortho intramolecular Hbond substituents is 1. The molecule has 14 nitrogen and oxygen atoms in total. The van der Waals surface area contributed by atoms with E-state index < -0.39 is 79.9 Å². The Balaban J connectivity index is 1.29. The SMILES string of the molecule is COc1ccc([C@@H]2CC(=O)c3c(O)cc(O[C@@H]4O[C@H](CO[C@@H]5O[C@H](C)[C@H](O)[C@@H](O)[C@@H]5O)[C@@H](O)[C@@H](O)[C@H]4O)cc3O2)cc1. The molecule has 5 rings (SSSR count). The summed E-state index contributed by atoms with van der Waals surface area (Å²) in [5.41, 5.74) is 0.668. The smallest absolute Gasteiger partial charge is 0.229 e. The van der Waals surface area contributed by atoms with E-state index in [0.717, 1.165) is 6.07 Å². The Kier molecular flexibility index (Phi) is 8.89. The second-order valence-electron chi connectivity index (χ2n) is 10.5. The van der Waals surface area contributed by atoms with Gasteiger partial charge in [0.1, 0.15) is 77.4 Å². The summed E-state index contributed by atoms with van der Waals surface area (Å²) in [4.78, 5) is 12.9. The molecular formula is C28H34O14. The van der Waals surface area contributed by atoms with Gasteiger partial charge in [0.2, 0.25) is 6.29 Å². The van der Waals surface area contributed by atoms with Crippen molar-refractivity contribution in [2.45, 2.75) is 80.9 Å². The molecule has 0 radical (unpaired) electrons. The van der Waals surface area contributed by atoms with Crippen LogP contribution in [0.1, 0.15) is 35.4 Å². The Morgan fingerprint density at radius 2 is 1.50 bits per heavy atom. The van der Waals surface area contributed by atoms with Crippen LogP contribution in [-0.2, 0) is 14.2 Å². The van der Waals surface area contributed by atoms with Gasteiger partial charge in [-0.2, -0.15) is 0 Å². The molecule has 3 aliphatic heterocycles. The van der Waals surface area contributed by atoms with E-state index in [0.29, 0.717) is 11.3 Å². The third kappa shape index (κ3) is 5.90. The summed E-state index contributed by atoms with van der Waals surface area (Å²) in [6, 6.07) is 9.43. The number of hydrogen-bond donors (Lipinski definition) is 7. The third-order valence-electron chi connectivity index (χ3n) is 7.62. The second-order valence-corrected chi connectivity index (χ2v) is 10.5. The molecule has 42 heavy (non-hydrogen) atoms. The number of phenols is 1. The number of carbonyl (C=O) groups is 1. The van der Waals surface area contributed by atoms with E-state index >= 15 is 0 Å². The number of ether oxygens (including phenoxy) is 6. The van der Waals surface area contributed by atoms with Crippen molar-refractivity contribution < 1.29 is 69.0 Å². The number of carbonyl (C=O) groups excluding carboxylic acids is 1. The largest absolute Gasteiger partial charge is 0.507 e. The fraction of sp³-hybridized carbons (Fsp3) is 0.536. The summed E-state index contributed by atoms with van der Waals surface area (Å²) in [6.07, 6.45) is -15.4. The molecule has 0 aliphatic carbocycles. The van der Waals surface area contributed by atoms with E-state index in [4.69, 9.17) is 28.4 Å².